The lowest BCUT2D eigenvalue weighted by Gasteiger charge is -2.30. The van der Waals surface area contributed by atoms with E-state index in [0.29, 0.717) is 18.5 Å². The van der Waals surface area contributed by atoms with Crippen LogP contribution in [-0.2, 0) is 0 Å². The number of ether oxygens (including phenoxy) is 1. The Hall–Kier alpha value is -1.89. The van der Waals surface area contributed by atoms with Crippen molar-refractivity contribution in [1.82, 2.24) is 5.32 Å². The van der Waals surface area contributed by atoms with Crippen molar-refractivity contribution in [3.05, 3.63) is 24.3 Å². The van der Waals surface area contributed by atoms with Crippen molar-refractivity contribution in [1.29, 1.82) is 0 Å². The predicted octanol–water partition coefficient (Wildman–Crippen LogP) is 2.96. The van der Waals surface area contributed by atoms with Crippen LogP contribution in [0.1, 0.15) is 26.7 Å². The maximum atomic E-state index is 12.1. The van der Waals surface area contributed by atoms with E-state index in [1.54, 1.807) is 6.07 Å². The zero-order valence-electron chi connectivity index (χ0n) is 12.0. The van der Waals surface area contributed by atoms with Gasteiger partial charge >= 0.3 is 12.6 Å². The molecule has 0 bridgehead atoms. The van der Waals surface area contributed by atoms with Crippen molar-refractivity contribution in [2.75, 3.05) is 11.9 Å². The van der Waals surface area contributed by atoms with Crippen molar-refractivity contribution < 1.29 is 23.4 Å². The van der Waals surface area contributed by atoms with E-state index in [0.717, 1.165) is 0 Å². The normalized spacial score (nSPS) is 11.3. The fourth-order valence-corrected chi connectivity index (χ4v) is 1.84. The highest BCUT2D eigenvalue weighted by atomic mass is 19.3. The minimum Gasteiger partial charge on any atom is -0.435 e. The summed E-state index contributed by atoms with van der Waals surface area (Å²) in [6.45, 7) is 0.618. The highest BCUT2D eigenvalue weighted by Gasteiger charge is 2.27. The zero-order chi connectivity index (χ0) is 15.9. The molecule has 0 fully saturated rings. The SMILES string of the molecule is CCC(CC)(CO)NC(=O)Nc1cccc(OC(F)F)c1. The van der Waals surface area contributed by atoms with Crippen LogP contribution in [0.4, 0.5) is 19.3 Å². The van der Waals surface area contributed by atoms with Gasteiger partial charge in [-0.05, 0) is 25.0 Å². The van der Waals surface area contributed by atoms with Gasteiger partial charge in [0.1, 0.15) is 5.75 Å². The van der Waals surface area contributed by atoms with Gasteiger partial charge in [0.2, 0.25) is 0 Å². The molecule has 0 radical (unpaired) electrons. The number of hydrogen-bond acceptors (Lipinski definition) is 3. The van der Waals surface area contributed by atoms with Crippen molar-refractivity contribution in [2.45, 2.75) is 38.8 Å². The molecule has 0 aliphatic carbocycles. The lowest BCUT2D eigenvalue weighted by atomic mass is 9.94. The molecule has 0 atom stereocenters. The second-order valence-electron chi connectivity index (χ2n) is 4.63. The number of nitrogens with one attached hydrogen (secondary N) is 2. The molecule has 0 unspecified atom stereocenters. The molecule has 0 aromatic heterocycles. The largest absolute Gasteiger partial charge is 0.435 e. The quantitative estimate of drug-likeness (QED) is 0.725. The molecule has 0 heterocycles. The second kappa shape index (κ2) is 7.78. The number of anilines is 1. The number of amides is 2. The lowest BCUT2D eigenvalue weighted by molar-refractivity contribution is -0.0497. The van der Waals surface area contributed by atoms with Crippen molar-refractivity contribution in [3.63, 3.8) is 0 Å². The van der Waals surface area contributed by atoms with E-state index < -0.39 is 18.2 Å². The Bertz CT molecular complexity index is 457. The maximum Gasteiger partial charge on any atom is 0.387 e. The van der Waals surface area contributed by atoms with E-state index in [1.165, 1.54) is 18.2 Å². The highest BCUT2D eigenvalue weighted by Crippen LogP contribution is 2.20. The Morgan fingerprint density at radius 2 is 2.05 bits per heavy atom. The highest BCUT2D eigenvalue weighted by molar-refractivity contribution is 5.90. The average Bonchev–Trinajstić information content (AvgIpc) is 2.44. The molecule has 3 N–H and O–H groups in total. The maximum absolute atomic E-state index is 12.1. The van der Waals surface area contributed by atoms with Gasteiger partial charge in [-0.1, -0.05) is 19.9 Å². The summed E-state index contributed by atoms with van der Waals surface area (Å²) in [7, 11) is 0. The minimum absolute atomic E-state index is 0.0396. The molecule has 0 aliphatic rings. The summed E-state index contributed by atoms with van der Waals surface area (Å²) in [6.07, 6.45) is 1.14. The molecule has 0 saturated heterocycles. The Morgan fingerprint density at radius 3 is 2.57 bits per heavy atom. The van der Waals surface area contributed by atoms with Gasteiger partial charge in [0.25, 0.3) is 0 Å². The first kappa shape index (κ1) is 17.2. The molecule has 1 aromatic carbocycles. The van der Waals surface area contributed by atoms with E-state index in [2.05, 4.69) is 15.4 Å². The van der Waals surface area contributed by atoms with Gasteiger partial charge in [0.05, 0.1) is 12.1 Å². The number of benzene rings is 1. The third-order valence-electron chi connectivity index (χ3n) is 3.35. The Kier molecular flexibility index (Phi) is 6.36. The number of aliphatic hydroxyl groups is 1. The number of aliphatic hydroxyl groups excluding tert-OH is 1. The Balaban J connectivity index is 2.70. The van der Waals surface area contributed by atoms with Crippen molar-refractivity contribution in [3.8, 4) is 5.75 Å². The van der Waals surface area contributed by atoms with Crippen LogP contribution in [0.2, 0.25) is 0 Å². The van der Waals surface area contributed by atoms with Crippen LogP contribution in [0.15, 0.2) is 24.3 Å². The number of rotatable bonds is 7. The molecular formula is C14H20F2N2O3. The minimum atomic E-state index is -2.92. The smallest absolute Gasteiger partial charge is 0.387 e. The third kappa shape index (κ3) is 5.18. The van der Waals surface area contributed by atoms with E-state index >= 15 is 0 Å². The van der Waals surface area contributed by atoms with E-state index in [9.17, 15) is 18.7 Å². The van der Waals surface area contributed by atoms with Gasteiger partial charge < -0.3 is 20.5 Å². The lowest BCUT2D eigenvalue weighted by Crippen LogP contribution is -2.51. The molecule has 0 aliphatic heterocycles. The first-order valence-electron chi connectivity index (χ1n) is 6.69. The first-order valence-corrected chi connectivity index (χ1v) is 6.69. The summed E-state index contributed by atoms with van der Waals surface area (Å²) in [5.74, 6) is -0.0396. The fraction of sp³-hybridized carbons (Fsp3) is 0.500. The van der Waals surface area contributed by atoms with Crippen LogP contribution >= 0.6 is 0 Å². The van der Waals surface area contributed by atoms with Gasteiger partial charge in [-0.25, -0.2) is 4.79 Å². The third-order valence-corrected chi connectivity index (χ3v) is 3.35. The number of hydrogen-bond donors (Lipinski definition) is 3. The molecule has 0 saturated carbocycles. The summed E-state index contributed by atoms with van der Waals surface area (Å²) in [5.41, 5.74) is -0.369. The van der Waals surface area contributed by atoms with Crippen LogP contribution in [0.5, 0.6) is 5.75 Å². The van der Waals surface area contributed by atoms with Crippen LogP contribution < -0.4 is 15.4 Å². The summed E-state index contributed by atoms with van der Waals surface area (Å²) < 4.78 is 28.5. The van der Waals surface area contributed by atoms with Gasteiger partial charge in [-0.2, -0.15) is 8.78 Å². The molecule has 118 valence electrons. The monoisotopic (exact) mass is 302 g/mol. The zero-order valence-corrected chi connectivity index (χ0v) is 12.0. The molecule has 21 heavy (non-hydrogen) atoms. The summed E-state index contributed by atoms with van der Waals surface area (Å²) in [4.78, 5) is 11.9. The van der Waals surface area contributed by atoms with E-state index in [-0.39, 0.29) is 12.4 Å². The second-order valence-corrected chi connectivity index (χ2v) is 4.63. The van der Waals surface area contributed by atoms with Crippen LogP contribution in [0.3, 0.4) is 0 Å². The topological polar surface area (TPSA) is 70.6 Å². The van der Waals surface area contributed by atoms with E-state index in [1.807, 2.05) is 13.8 Å². The summed E-state index contributed by atoms with van der Waals surface area (Å²) in [5, 5.41) is 14.6. The van der Waals surface area contributed by atoms with Crippen LogP contribution in [-0.4, -0.2) is 29.9 Å². The van der Waals surface area contributed by atoms with Crippen LogP contribution in [0.25, 0.3) is 0 Å². The molecule has 2 amide bonds. The van der Waals surface area contributed by atoms with Crippen molar-refractivity contribution >= 4 is 11.7 Å². The van der Waals surface area contributed by atoms with Crippen LogP contribution in [0, 0.1) is 0 Å². The van der Waals surface area contributed by atoms with Gasteiger partial charge in [-0.3, -0.25) is 0 Å². The average molecular weight is 302 g/mol. The molecule has 1 aromatic rings. The molecule has 7 heteroatoms. The Labute approximate surface area is 122 Å². The molecular weight excluding hydrogens is 282 g/mol. The summed E-state index contributed by atoms with van der Waals surface area (Å²) >= 11 is 0. The Morgan fingerprint density at radius 1 is 1.38 bits per heavy atom. The molecule has 0 spiro atoms. The fourth-order valence-electron chi connectivity index (χ4n) is 1.84. The number of alkyl halides is 2. The predicted molar refractivity (Wildman–Crippen MR) is 75.6 cm³/mol. The number of urea groups is 1. The van der Waals surface area contributed by atoms with Gasteiger partial charge in [-0.15, -0.1) is 0 Å². The van der Waals surface area contributed by atoms with Gasteiger partial charge in [0.15, 0.2) is 0 Å². The number of carbonyl (C=O) groups excluding carboxylic acids is 1. The molecule has 1 rings (SSSR count). The number of carbonyl (C=O) groups is 1. The summed E-state index contributed by atoms with van der Waals surface area (Å²) in [6, 6.07) is 5.19. The van der Waals surface area contributed by atoms with Gasteiger partial charge in [0, 0.05) is 11.8 Å². The van der Waals surface area contributed by atoms with E-state index in [4.69, 9.17) is 0 Å². The number of halogens is 2. The molecule has 5 nitrogen and oxygen atoms in total. The van der Waals surface area contributed by atoms with Crippen molar-refractivity contribution in [2.24, 2.45) is 0 Å². The first-order chi connectivity index (χ1) is 9.94. The standard InChI is InChI=1S/C14H20F2N2O3/c1-3-14(4-2,9-19)18-13(20)17-10-6-5-7-11(8-10)21-12(15)16/h5-8,12,19H,3-4,9H2,1-2H3,(H2,17,18,20).